The quantitative estimate of drug-likeness (QED) is 0.747. The molecule has 0 spiro atoms. The lowest BCUT2D eigenvalue weighted by molar-refractivity contribution is 0.0834. The molecule has 0 radical (unpaired) electrons. The van der Waals surface area contributed by atoms with E-state index < -0.39 is 10.0 Å². The molecule has 1 aromatic rings. The normalized spacial score (nSPS) is 12.8. The molecule has 0 unspecified atom stereocenters. The molecule has 0 aliphatic heterocycles. The van der Waals surface area contributed by atoms with Gasteiger partial charge in [0, 0.05) is 6.54 Å². The van der Waals surface area contributed by atoms with Gasteiger partial charge in [-0.1, -0.05) is 45.0 Å². The maximum atomic E-state index is 11.9. The van der Waals surface area contributed by atoms with E-state index in [1.165, 1.54) is 5.56 Å². The highest BCUT2D eigenvalue weighted by Gasteiger charge is 2.14. The SMILES string of the molecule is CC(C)OCCNS(=O)(=O)CCc1ccc(C(C)(C)C)cc1. The third-order valence-corrected chi connectivity index (χ3v) is 4.74. The predicted octanol–water partition coefficient (Wildman–Crippen LogP) is 2.87. The molecular formula is C17H29NO3S. The first-order chi connectivity index (χ1) is 10.1. The molecule has 126 valence electrons. The van der Waals surface area contributed by atoms with Gasteiger partial charge < -0.3 is 4.74 Å². The molecule has 0 saturated carbocycles. The molecule has 0 aliphatic carbocycles. The van der Waals surface area contributed by atoms with E-state index in [9.17, 15) is 8.42 Å². The van der Waals surface area contributed by atoms with E-state index in [4.69, 9.17) is 4.74 Å². The number of rotatable bonds is 8. The molecule has 0 aliphatic rings. The van der Waals surface area contributed by atoms with Crippen molar-refractivity contribution in [3.8, 4) is 0 Å². The highest BCUT2D eigenvalue weighted by Crippen LogP contribution is 2.22. The van der Waals surface area contributed by atoms with Crippen LogP contribution in [0.2, 0.25) is 0 Å². The fourth-order valence-corrected chi connectivity index (χ4v) is 3.03. The molecule has 0 heterocycles. The summed E-state index contributed by atoms with van der Waals surface area (Å²) >= 11 is 0. The van der Waals surface area contributed by atoms with Crippen LogP contribution in [0.25, 0.3) is 0 Å². The molecule has 1 aromatic carbocycles. The molecule has 0 fully saturated rings. The molecule has 4 nitrogen and oxygen atoms in total. The molecule has 0 amide bonds. The number of benzene rings is 1. The third kappa shape index (κ3) is 7.38. The van der Waals surface area contributed by atoms with Gasteiger partial charge in [-0.2, -0.15) is 0 Å². The van der Waals surface area contributed by atoms with Gasteiger partial charge >= 0.3 is 0 Å². The lowest BCUT2D eigenvalue weighted by atomic mass is 9.86. The van der Waals surface area contributed by atoms with E-state index in [2.05, 4.69) is 37.6 Å². The van der Waals surface area contributed by atoms with Crippen molar-refractivity contribution in [2.24, 2.45) is 0 Å². The van der Waals surface area contributed by atoms with Crippen molar-refractivity contribution >= 4 is 10.0 Å². The minimum atomic E-state index is -3.25. The summed E-state index contributed by atoms with van der Waals surface area (Å²) in [5.41, 5.74) is 2.41. The monoisotopic (exact) mass is 327 g/mol. The average molecular weight is 327 g/mol. The van der Waals surface area contributed by atoms with Crippen molar-refractivity contribution in [1.82, 2.24) is 4.72 Å². The molecule has 0 aromatic heterocycles. The van der Waals surface area contributed by atoms with Crippen molar-refractivity contribution in [1.29, 1.82) is 0 Å². The highest BCUT2D eigenvalue weighted by molar-refractivity contribution is 7.89. The van der Waals surface area contributed by atoms with Gasteiger partial charge in [-0.05, 0) is 36.8 Å². The summed E-state index contributed by atoms with van der Waals surface area (Å²) in [6.07, 6.45) is 0.635. The van der Waals surface area contributed by atoms with Gasteiger partial charge in [-0.25, -0.2) is 13.1 Å². The van der Waals surface area contributed by atoms with Crippen molar-refractivity contribution in [2.75, 3.05) is 18.9 Å². The maximum absolute atomic E-state index is 11.9. The van der Waals surface area contributed by atoms with E-state index >= 15 is 0 Å². The Balaban J connectivity index is 2.44. The molecule has 1 rings (SSSR count). The van der Waals surface area contributed by atoms with E-state index in [-0.39, 0.29) is 17.3 Å². The average Bonchev–Trinajstić information content (AvgIpc) is 2.41. The largest absolute Gasteiger partial charge is 0.377 e. The summed E-state index contributed by atoms with van der Waals surface area (Å²) in [5.74, 6) is 0.101. The van der Waals surface area contributed by atoms with Crippen LogP contribution >= 0.6 is 0 Å². The fraction of sp³-hybridized carbons (Fsp3) is 0.647. The number of hydrogen-bond acceptors (Lipinski definition) is 3. The van der Waals surface area contributed by atoms with Crippen LogP contribution in [-0.2, 0) is 26.6 Å². The maximum Gasteiger partial charge on any atom is 0.211 e. The first-order valence-corrected chi connectivity index (χ1v) is 9.44. The lowest BCUT2D eigenvalue weighted by Crippen LogP contribution is -2.30. The minimum Gasteiger partial charge on any atom is -0.377 e. The van der Waals surface area contributed by atoms with E-state index in [0.29, 0.717) is 19.6 Å². The zero-order valence-corrected chi connectivity index (χ0v) is 15.2. The molecular weight excluding hydrogens is 298 g/mol. The van der Waals surface area contributed by atoms with Crippen LogP contribution in [0, 0.1) is 0 Å². The summed E-state index contributed by atoms with van der Waals surface area (Å²) in [6, 6.07) is 8.17. The second-order valence-corrected chi connectivity index (χ2v) is 8.76. The summed E-state index contributed by atoms with van der Waals surface area (Å²) in [7, 11) is -3.25. The number of aryl methyl sites for hydroxylation is 1. The third-order valence-electron chi connectivity index (χ3n) is 3.35. The summed E-state index contributed by atoms with van der Waals surface area (Å²) < 4.78 is 31.7. The summed E-state index contributed by atoms with van der Waals surface area (Å²) in [4.78, 5) is 0. The Morgan fingerprint density at radius 2 is 1.73 bits per heavy atom. The Kier molecular flexibility index (Phi) is 7.03. The van der Waals surface area contributed by atoms with Gasteiger partial charge in [0.1, 0.15) is 0 Å². The van der Waals surface area contributed by atoms with Crippen molar-refractivity contribution in [2.45, 2.75) is 52.6 Å². The Bertz CT molecular complexity index is 542. The van der Waals surface area contributed by atoms with E-state index in [0.717, 1.165) is 5.56 Å². The zero-order chi connectivity index (χ0) is 16.8. The number of sulfonamides is 1. The summed E-state index contributed by atoms with van der Waals surface area (Å²) in [6.45, 7) is 11.1. The second-order valence-electron chi connectivity index (χ2n) is 6.83. The van der Waals surface area contributed by atoms with Crippen LogP contribution in [-0.4, -0.2) is 33.4 Å². The Hall–Kier alpha value is -0.910. The smallest absolute Gasteiger partial charge is 0.211 e. The van der Waals surface area contributed by atoms with Crippen LogP contribution in [0.3, 0.4) is 0 Å². The van der Waals surface area contributed by atoms with Crippen molar-refractivity contribution in [3.05, 3.63) is 35.4 Å². The highest BCUT2D eigenvalue weighted by atomic mass is 32.2. The van der Waals surface area contributed by atoms with Crippen LogP contribution < -0.4 is 4.72 Å². The number of nitrogens with one attached hydrogen (secondary N) is 1. The van der Waals surface area contributed by atoms with Crippen LogP contribution in [0.5, 0.6) is 0 Å². The lowest BCUT2D eigenvalue weighted by Gasteiger charge is -2.19. The second kappa shape index (κ2) is 8.09. The van der Waals surface area contributed by atoms with Crippen LogP contribution in [0.4, 0.5) is 0 Å². The van der Waals surface area contributed by atoms with Gasteiger partial charge in [0.05, 0.1) is 18.5 Å². The first kappa shape index (κ1) is 19.1. The van der Waals surface area contributed by atoms with Crippen LogP contribution in [0.15, 0.2) is 24.3 Å². The van der Waals surface area contributed by atoms with Gasteiger partial charge in [0.25, 0.3) is 0 Å². The zero-order valence-electron chi connectivity index (χ0n) is 14.3. The fourth-order valence-electron chi connectivity index (χ4n) is 1.99. The minimum absolute atomic E-state index is 0.101. The molecule has 22 heavy (non-hydrogen) atoms. The topological polar surface area (TPSA) is 55.4 Å². The van der Waals surface area contributed by atoms with Crippen molar-refractivity contribution in [3.63, 3.8) is 0 Å². The molecule has 1 N–H and O–H groups in total. The van der Waals surface area contributed by atoms with E-state index in [1.807, 2.05) is 26.0 Å². The number of ether oxygens (including phenoxy) is 1. The standard InChI is InChI=1S/C17H29NO3S/c1-14(2)21-12-11-18-22(19,20)13-10-15-6-8-16(9-7-15)17(3,4)5/h6-9,14,18H,10-13H2,1-5H3. The molecule has 0 bridgehead atoms. The molecule has 0 atom stereocenters. The van der Waals surface area contributed by atoms with Gasteiger partial charge in [-0.15, -0.1) is 0 Å². The van der Waals surface area contributed by atoms with Crippen LogP contribution in [0.1, 0.15) is 45.7 Å². The molecule has 5 heteroatoms. The van der Waals surface area contributed by atoms with Crippen molar-refractivity contribution < 1.29 is 13.2 Å². The Labute approximate surface area is 135 Å². The Morgan fingerprint density at radius 3 is 2.23 bits per heavy atom. The predicted molar refractivity (Wildman–Crippen MR) is 91.7 cm³/mol. The first-order valence-electron chi connectivity index (χ1n) is 7.78. The van der Waals surface area contributed by atoms with Gasteiger partial charge in [-0.3, -0.25) is 0 Å². The van der Waals surface area contributed by atoms with Gasteiger partial charge in [0.15, 0.2) is 0 Å². The van der Waals surface area contributed by atoms with Gasteiger partial charge in [0.2, 0.25) is 10.0 Å². The Morgan fingerprint density at radius 1 is 1.14 bits per heavy atom. The molecule has 0 saturated heterocycles. The summed E-state index contributed by atoms with van der Waals surface area (Å²) in [5, 5.41) is 0. The van der Waals surface area contributed by atoms with E-state index in [1.54, 1.807) is 0 Å². The number of hydrogen-bond donors (Lipinski definition) is 1.